The van der Waals surface area contributed by atoms with Crippen LogP contribution in [0.2, 0.25) is 0 Å². The van der Waals surface area contributed by atoms with Crippen LogP contribution in [0.25, 0.3) is 33.6 Å². The Hall–Kier alpha value is -3.85. The molecule has 0 spiro atoms. The molecule has 1 aromatic carbocycles. The fraction of sp³-hybridized carbons (Fsp3) is 0.182. The predicted octanol–water partition coefficient (Wildman–Crippen LogP) is 2.52. The second-order valence-corrected chi connectivity index (χ2v) is 7.08. The van der Waals surface area contributed by atoms with Crippen LogP contribution in [0.5, 0.6) is 0 Å². The first-order valence-corrected chi connectivity index (χ1v) is 9.82. The van der Waals surface area contributed by atoms with Gasteiger partial charge in [0, 0.05) is 41.7 Å². The number of amides is 1. The lowest BCUT2D eigenvalue weighted by atomic mass is 9.99. The summed E-state index contributed by atoms with van der Waals surface area (Å²) in [6, 6.07) is 10.6. The molecule has 3 heterocycles. The van der Waals surface area contributed by atoms with Crippen molar-refractivity contribution in [2.75, 3.05) is 13.1 Å². The lowest BCUT2D eigenvalue weighted by Crippen LogP contribution is -2.31. The van der Waals surface area contributed by atoms with Crippen molar-refractivity contribution in [2.24, 2.45) is 5.73 Å². The molecule has 0 bridgehead atoms. The normalized spacial score (nSPS) is 10.9. The number of pyridine rings is 1. The van der Waals surface area contributed by atoms with E-state index in [4.69, 9.17) is 5.73 Å². The average molecular weight is 419 g/mol. The van der Waals surface area contributed by atoms with Crippen LogP contribution in [0.1, 0.15) is 5.69 Å². The molecule has 9 heteroatoms. The molecule has 0 aliphatic heterocycles. The van der Waals surface area contributed by atoms with E-state index in [9.17, 15) is 9.18 Å². The van der Waals surface area contributed by atoms with E-state index in [-0.39, 0.29) is 18.3 Å². The molecule has 8 nitrogen and oxygen atoms in total. The number of hydrogen-bond acceptors (Lipinski definition) is 5. The van der Waals surface area contributed by atoms with Gasteiger partial charge in [-0.1, -0.05) is 12.1 Å². The second-order valence-electron chi connectivity index (χ2n) is 7.08. The van der Waals surface area contributed by atoms with Gasteiger partial charge in [0.15, 0.2) is 0 Å². The first kappa shape index (κ1) is 20.4. The Morgan fingerprint density at radius 1 is 1.19 bits per heavy atom. The zero-order valence-corrected chi connectivity index (χ0v) is 17.0. The minimum absolute atomic E-state index is 0.0339. The van der Waals surface area contributed by atoms with Crippen LogP contribution in [0, 0.1) is 12.7 Å². The molecule has 0 fully saturated rings. The minimum Gasteiger partial charge on any atom is -0.353 e. The number of halogens is 1. The number of aryl methyl sites for hydroxylation is 1. The van der Waals surface area contributed by atoms with E-state index >= 15 is 0 Å². The lowest BCUT2D eigenvalue weighted by Gasteiger charge is -2.07. The third-order valence-corrected chi connectivity index (χ3v) is 4.78. The molecular weight excluding hydrogens is 397 g/mol. The molecule has 0 radical (unpaired) electrons. The van der Waals surface area contributed by atoms with E-state index in [1.807, 2.05) is 25.1 Å². The van der Waals surface area contributed by atoms with Crippen LogP contribution in [0.3, 0.4) is 0 Å². The first-order chi connectivity index (χ1) is 15.0. The fourth-order valence-electron chi connectivity index (χ4n) is 3.30. The summed E-state index contributed by atoms with van der Waals surface area (Å²) >= 11 is 0. The third kappa shape index (κ3) is 4.51. The summed E-state index contributed by atoms with van der Waals surface area (Å²) in [7, 11) is 0. The van der Waals surface area contributed by atoms with Crippen LogP contribution in [-0.4, -0.2) is 44.0 Å². The molecule has 0 aliphatic rings. The van der Waals surface area contributed by atoms with Crippen molar-refractivity contribution in [3.63, 3.8) is 0 Å². The Kier molecular flexibility index (Phi) is 5.85. The molecule has 4 rings (SSSR count). The summed E-state index contributed by atoms with van der Waals surface area (Å²) in [5.74, 6) is -0.586. The van der Waals surface area contributed by atoms with Gasteiger partial charge in [-0.05, 0) is 36.8 Å². The maximum atomic E-state index is 14.6. The van der Waals surface area contributed by atoms with E-state index < -0.39 is 0 Å². The molecule has 0 saturated heterocycles. The summed E-state index contributed by atoms with van der Waals surface area (Å²) in [4.78, 5) is 16.4. The number of benzene rings is 1. The van der Waals surface area contributed by atoms with Crippen molar-refractivity contribution in [1.82, 2.24) is 30.3 Å². The van der Waals surface area contributed by atoms with Crippen molar-refractivity contribution >= 4 is 5.91 Å². The van der Waals surface area contributed by atoms with Gasteiger partial charge in [-0.25, -0.2) is 4.39 Å². The second kappa shape index (κ2) is 8.88. The Morgan fingerprint density at radius 2 is 2.06 bits per heavy atom. The number of aromatic nitrogens is 5. The Balaban J connectivity index is 1.64. The van der Waals surface area contributed by atoms with Crippen LogP contribution >= 0.6 is 0 Å². The van der Waals surface area contributed by atoms with Crippen LogP contribution < -0.4 is 11.1 Å². The van der Waals surface area contributed by atoms with Crippen LogP contribution in [-0.2, 0) is 11.3 Å². The molecular formula is C22H22FN7O. The number of nitrogens with two attached hydrogens (primary N) is 1. The van der Waals surface area contributed by atoms with Gasteiger partial charge < -0.3 is 11.1 Å². The van der Waals surface area contributed by atoms with Crippen molar-refractivity contribution in [3.8, 4) is 33.6 Å². The largest absolute Gasteiger partial charge is 0.353 e. The SMILES string of the molecule is Cc1cccc(-c2[nH]ncc2-c2ccc(F)c(-c3cnn(CC(=O)NCCN)c3)c2)n1. The molecule has 3 aromatic heterocycles. The highest BCUT2D eigenvalue weighted by atomic mass is 19.1. The van der Waals surface area contributed by atoms with E-state index in [2.05, 4.69) is 25.6 Å². The number of nitrogens with one attached hydrogen (secondary N) is 2. The standard InChI is InChI=1S/C22H22FN7O/c1-14-3-2-4-20(28-14)22-18(11-26-29-22)15-5-6-19(23)17(9-15)16-10-27-30(12-16)13-21(31)25-8-7-24/h2-6,9-12H,7-8,13,24H2,1H3,(H,25,31)(H,26,29). The molecule has 31 heavy (non-hydrogen) atoms. The summed E-state index contributed by atoms with van der Waals surface area (Å²) in [6.07, 6.45) is 4.88. The molecule has 0 unspecified atom stereocenters. The Morgan fingerprint density at radius 3 is 2.87 bits per heavy atom. The molecule has 4 N–H and O–H groups in total. The topological polar surface area (TPSA) is 115 Å². The van der Waals surface area contributed by atoms with Crippen LogP contribution in [0.15, 0.2) is 55.0 Å². The number of H-pyrrole nitrogens is 1. The summed E-state index contributed by atoms with van der Waals surface area (Å²) in [6.45, 7) is 2.71. The van der Waals surface area contributed by atoms with Gasteiger partial charge in [-0.3, -0.25) is 19.6 Å². The lowest BCUT2D eigenvalue weighted by molar-refractivity contribution is -0.121. The predicted molar refractivity (Wildman–Crippen MR) is 115 cm³/mol. The summed E-state index contributed by atoms with van der Waals surface area (Å²) in [5, 5.41) is 14.0. The molecule has 158 valence electrons. The van der Waals surface area contributed by atoms with Gasteiger partial charge in [0.25, 0.3) is 0 Å². The van der Waals surface area contributed by atoms with Crippen molar-refractivity contribution in [3.05, 3.63) is 66.5 Å². The first-order valence-electron chi connectivity index (χ1n) is 9.82. The summed E-state index contributed by atoms with van der Waals surface area (Å²) in [5.41, 5.74) is 10.4. The third-order valence-electron chi connectivity index (χ3n) is 4.78. The van der Waals surface area contributed by atoms with Crippen molar-refractivity contribution in [1.29, 1.82) is 0 Å². The van der Waals surface area contributed by atoms with Gasteiger partial charge in [0.05, 0.1) is 23.8 Å². The molecule has 0 aliphatic carbocycles. The zero-order valence-electron chi connectivity index (χ0n) is 17.0. The monoisotopic (exact) mass is 419 g/mol. The zero-order chi connectivity index (χ0) is 21.8. The number of carbonyl (C=O) groups excluding carboxylic acids is 1. The summed E-state index contributed by atoms with van der Waals surface area (Å²) < 4.78 is 16.1. The van der Waals surface area contributed by atoms with Gasteiger partial charge >= 0.3 is 0 Å². The molecule has 0 saturated carbocycles. The highest BCUT2D eigenvalue weighted by Gasteiger charge is 2.15. The van der Waals surface area contributed by atoms with Gasteiger partial charge in [-0.2, -0.15) is 10.2 Å². The maximum Gasteiger partial charge on any atom is 0.241 e. The highest BCUT2D eigenvalue weighted by Crippen LogP contribution is 2.33. The van der Waals surface area contributed by atoms with E-state index in [1.165, 1.54) is 16.9 Å². The van der Waals surface area contributed by atoms with Gasteiger partial charge in [0.2, 0.25) is 5.91 Å². The number of rotatable bonds is 7. The van der Waals surface area contributed by atoms with Crippen molar-refractivity contribution in [2.45, 2.75) is 13.5 Å². The fourth-order valence-corrected chi connectivity index (χ4v) is 3.30. The smallest absolute Gasteiger partial charge is 0.241 e. The highest BCUT2D eigenvalue weighted by molar-refractivity contribution is 5.81. The maximum absolute atomic E-state index is 14.6. The molecule has 4 aromatic rings. The Labute approximate surface area is 178 Å². The minimum atomic E-state index is -0.380. The van der Waals surface area contributed by atoms with Gasteiger partial charge in [0.1, 0.15) is 12.4 Å². The number of nitrogens with zero attached hydrogens (tertiary/aromatic N) is 4. The van der Waals surface area contributed by atoms with E-state index in [0.717, 1.165) is 28.2 Å². The van der Waals surface area contributed by atoms with E-state index in [0.29, 0.717) is 24.2 Å². The van der Waals surface area contributed by atoms with Crippen molar-refractivity contribution < 1.29 is 9.18 Å². The van der Waals surface area contributed by atoms with Gasteiger partial charge in [-0.15, -0.1) is 0 Å². The molecule has 1 amide bonds. The van der Waals surface area contributed by atoms with Crippen LogP contribution in [0.4, 0.5) is 4.39 Å². The number of hydrogen-bond donors (Lipinski definition) is 3. The number of carbonyl (C=O) groups is 1. The number of aromatic amines is 1. The quantitative estimate of drug-likeness (QED) is 0.426. The average Bonchev–Trinajstić information content (AvgIpc) is 3.42. The Bertz CT molecular complexity index is 1210. The molecule has 0 atom stereocenters. The van der Waals surface area contributed by atoms with E-state index in [1.54, 1.807) is 24.5 Å².